The largest absolute Gasteiger partial charge is 0.464 e. The number of esters is 1. The molecule has 0 unspecified atom stereocenters. The predicted molar refractivity (Wildman–Crippen MR) is 85.9 cm³/mol. The minimum absolute atomic E-state index is 0.320. The van der Waals surface area contributed by atoms with Crippen LogP contribution in [0, 0.1) is 0 Å². The number of halogens is 2. The molecule has 1 N–H and O–H groups in total. The molecule has 0 aliphatic rings. The molecule has 0 saturated carbocycles. The van der Waals surface area contributed by atoms with Crippen molar-refractivity contribution in [3.05, 3.63) is 64.1 Å². The van der Waals surface area contributed by atoms with Crippen LogP contribution in [0.1, 0.15) is 18.5 Å². The molecule has 2 aromatic rings. The fraction of sp³-hybridized carbons (Fsp3) is 0.188. The minimum atomic E-state index is -0.610. The molecular formula is C16H15Cl2NO2. The van der Waals surface area contributed by atoms with Crippen LogP contribution in [0.4, 0.5) is 5.69 Å². The third-order valence-electron chi connectivity index (χ3n) is 2.83. The van der Waals surface area contributed by atoms with Crippen LogP contribution in [0.5, 0.6) is 0 Å². The number of carbonyl (C=O) groups excluding carboxylic acids is 1. The number of rotatable bonds is 5. The predicted octanol–water partition coefficient (Wildman–Crippen LogP) is 4.71. The fourth-order valence-electron chi connectivity index (χ4n) is 1.95. The second-order valence-corrected chi connectivity index (χ2v) is 5.27. The summed E-state index contributed by atoms with van der Waals surface area (Å²) in [6, 6.07) is 13.8. The van der Waals surface area contributed by atoms with Crippen molar-refractivity contribution in [2.45, 2.75) is 13.0 Å². The van der Waals surface area contributed by atoms with Crippen LogP contribution >= 0.6 is 23.2 Å². The molecule has 0 aromatic heterocycles. The van der Waals surface area contributed by atoms with Crippen LogP contribution in [0.3, 0.4) is 0 Å². The van der Waals surface area contributed by atoms with Gasteiger partial charge >= 0.3 is 5.97 Å². The molecule has 0 heterocycles. The van der Waals surface area contributed by atoms with Crippen molar-refractivity contribution in [3.63, 3.8) is 0 Å². The highest BCUT2D eigenvalue weighted by Crippen LogP contribution is 2.26. The Kier molecular flexibility index (Phi) is 5.48. The summed E-state index contributed by atoms with van der Waals surface area (Å²) in [6.45, 7) is 2.09. The summed E-state index contributed by atoms with van der Waals surface area (Å²) >= 11 is 12.0. The summed E-state index contributed by atoms with van der Waals surface area (Å²) in [5.41, 5.74) is 1.47. The Balaban J connectivity index is 2.29. The highest BCUT2D eigenvalue weighted by atomic mass is 35.5. The highest BCUT2D eigenvalue weighted by Gasteiger charge is 2.21. The molecule has 21 heavy (non-hydrogen) atoms. The molecule has 0 aliphatic heterocycles. The number of hydrogen-bond acceptors (Lipinski definition) is 3. The van der Waals surface area contributed by atoms with Gasteiger partial charge in [0.1, 0.15) is 0 Å². The highest BCUT2D eigenvalue weighted by molar-refractivity contribution is 6.35. The summed E-state index contributed by atoms with van der Waals surface area (Å²) in [5.74, 6) is -0.347. The normalized spacial score (nSPS) is 11.8. The van der Waals surface area contributed by atoms with Crippen LogP contribution in [0.15, 0.2) is 48.5 Å². The van der Waals surface area contributed by atoms with E-state index in [-0.39, 0.29) is 5.97 Å². The summed E-state index contributed by atoms with van der Waals surface area (Å²) in [4.78, 5) is 12.2. The van der Waals surface area contributed by atoms with Crippen molar-refractivity contribution in [2.75, 3.05) is 11.9 Å². The van der Waals surface area contributed by atoms with E-state index in [2.05, 4.69) is 5.32 Å². The number of benzene rings is 2. The summed E-state index contributed by atoms with van der Waals surface area (Å²) in [6.07, 6.45) is 0. The van der Waals surface area contributed by atoms with Crippen LogP contribution < -0.4 is 5.32 Å². The lowest BCUT2D eigenvalue weighted by Gasteiger charge is -2.19. The molecule has 0 radical (unpaired) electrons. The van der Waals surface area contributed by atoms with Gasteiger partial charge in [-0.05, 0) is 30.7 Å². The molecule has 3 nitrogen and oxygen atoms in total. The Hall–Kier alpha value is -1.71. The molecule has 0 spiro atoms. The SMILES string of the molecule is CCOC(=O)[C@H](Nc1cc(Cl)cc(Cl)c1)c1ccccc1. The maximum absolute atomic E-state index is 12.2. The van der Waals surface area contributed by atoms with Crippen LogP contribution in [-0.4, -0.2) is 12.6 Å². The lowest BCUT2D eigenvalue weighted by atomic mass is 10.1. The zero-order valence-corrected chi connectivity index (χ0v) is 13.0. The summed E-state index contributed by atoms with van der Waals surface area (Å²) in [7, 11) is 0. The average Bonchev–Trinajstić information content (AvgIpc) is 2.45. The van der Waals surface area contributed by atoms with E-state index in [1.54, 1.807) is 25.1 Å². The van der Waals surface area contributed by atoms with Gasteiger partial charge in [0.05, 0.1) is 6.61 Å². The molecule has 0 amide bonds. The van der Waals surface area contributed by atoms with Crippen LogP contribution in [0.25, 0.3) is 0 Å². The van der Waals surface area contributed by atoms with Gasteiger partial charge in [0.25, 0.3) is 0 Å². The molecule has 5 heteroatoms. The molecule has 110 valence electrons. The van der Waals surface area contributed by atoms with E-state index in [1.165, 1.54) is 0 Å². The van der Waals surface area contributed by atoms with Gasteiger partial charge in [-0.25, -0.2) is 4.79 Å². The zero-order valence-electron chi connectivity index (χ0n) is 11.5. The molecule has 0 fully saturated rings. The fourth-order valence-corrected chi connectivity index (χ4v) is 2.48. The van der Waals surface area contributed by atoms with Crippen molar-refractivity contribution in [1.29, 1.82) is 0 Å². The molecule has 0 aliphatic carbocycles. The lowest BCUT2D eigenvalue weighted by Crippen LogP contribution is -2.23. The van der Waals surface area contributed by atoms with E-state index in [1.807, 2.05) is 30.3 Å². The Morgan fingerprint density at radius 2 is 1.76 bits per heavy atom. The zero-order chi connectivity index (χ0) is 15.2. The Labute approximate surface area is 133 Å². The van der Waals surface area contributed by atoms with E-state index < -0.39 is 6.04 Å². The number of carbonyl (C=O) groups is 1. The van der Waals surface area contributed by atoms with Crippen LogP contribution in [-0.2, 0) is 9.53 Å². The van der Waals surface area contributed by atoms with E-state index in [0.717, 1.165) is 5.56 Å². The number of nitrogens with one attached hydrogen (secondary N) is 1. The van der Waals surface area contributed by atoms with Crippen molar-refractivity contribution in [2.24, 2.45) is 0 Å². The first kappa shape index (κ1) is 15.7. The van der Waals surface area contributed by atoms with Gasteiger partial charge in [0.2, 0.25) is 0 Å². The standard InChI is InChI=1S/C16H15Cl2NO2/c1-2-21-16(20)15(11-6-4-3-5-7-11)19-14-9-12(17)8-13(18)10-14/h3-10,15,19H,2H2,1H3/t15-/m1/s1. The van der Waals surface area contributed by atoms with Crippen molar-refractivity contribution in [1.82, 2.24) is 0 Å². The topological polar surface area (TPSA) is 38.3 Å². The van der Waals surface area contributed by atoms with Crippen LogP contribution in [0.2, 0.25) is 10.0 Å². The number of anilines is 1. The first-order chi connectivity index (χ1) is 10.1. The van der Waals surface area contributed by atoms with E-state index in [4.69, 9.17) is 27.9 Å². The Morgan fingerprint density at radius 1 is 1.14 bits per heavy atom. The smallest absolute Gasteiger partial charge is 0.333 e. The first-order valence-electron chi connectivity index (χ1n) is 6.54. The van der Waals surface area contributed by atoms with Crippen molar-refractivity contribution < 1.29 is 9.53 Å². The van der Waals surface area contributed by atoms with Crippen molar-refractivity contribution in [3.8, 4) is 0 Å². The van der Waals surface area contributed by atoms with Gasteiger partial charge in [-0.3, -0.25) is 0 Å². The van der Waals surface area contributed by atoms with Gasteiger partial charge in [-0.2, -0.15) is 0 Å². The second kappa shape index (κ2) is 7.34. The maximum atomic E-state index is 12.2. The molecule has 1 atom stereocenters. The Morgan fingerprint density at radius 3 is 2.33 bits per heavy atom. The third-order valence-corrected chi connectivity index (χ3v) is 3.27. The number of hydrogen-bond donors (Lipinski definition) is 1. The van der Waals surface area contributed by atoms with Gasteiger partial charge in [-0.15, -0.1) is 0 Å². The second-order valence-electron chi connectivity index (χ2n) is 4.40. The van der Waals surface area contributed by atoms with Gasteiger partial charge in [0.15, 0.2) is 6.04 Å². The third kappa shape index (κ3) is 4.38. The first-order valence-corrected chi connectivity index (χ1v) is 7.30. The summed E-state index contributed by atoms with van der Waals surface area (Å²) in [5, 5.41) is 4.12. The molecule has 2 aromatic carbocycles. The van der Waals surface area contributed by atoms with Crippen molar-refractivity contribution >= 4 is 34.9 Å². The average molecular weight is 324 g/mol. The molecule has 0 bridgehead atoms. The minimum Gasteiger partial charge on any atom is -0.464 e. The lowest BCUT2D eigenvalue weighted by molar-refractivity contribution is -0.144. The van der Waals surface area contributed by atoms with Gasteiger partial charge in [-0.1, -0.05) is 53.5 Å². The van der Waals surface area contributed by atoms with E-state index in [9.17, 15) is 4.79 Å². The Bertz CT molecular complexity index is 597. The molecule has 2 rings (SSSR count). The molecular weight excluding hydrogens is 309 g/mol. The molecule has 0 saturated heterocycles. The van der Waals surface area contributed by atoms with Gasteiger partial charge in [0, 0.05) is 15.7 Å². The monoisotopic (exact) mass is 323 g/mol. The maximum Gasteiger partial charge on any atom is 0.333 e. The van der Waals surface area contributed by atoms with E-state index in [0.29, 0.717) is 22.3 Å². The van der Waals surface area contributed by atoms with Gasteiger partial charge < -0.3 is 10.1 Å². The quantitative estimate of drug-likeness (QED) is 0.810. The van der Waals surface area contributed by atoms with E-state index >= 15 is 0 Å². The number of ether oxygens (including phenoxy) is 1. The summed E-state index contributed by atoms with van der Waals surface area (Å²) < 4.78 is 5.12.